The van der Waals surface area contributed by atoms with Crippen molar-refractivity contribution in [2.24, 2.45) is 0 Å². The number of ketones is 1. The maximum Gasteiger partial charge on any atom is 0.348 e. The second-order valence-corrected chi connectivity index (χ2v) is 4.59. The molecule has 0 bridgehead atoms. The van der Waals surface area contributed by atoms with Gasteiger partial charge < -0.3 is 4.74 Å². The number of thiophene rings is 1. The van der Waals surface area contributed by atoms with Crippen molar-refractivity contribution in [1.29, 1.82) is 0 Å². The van der Waals surface area contributed by atoms with E-state index in [-0.39, 0.29) is 11.3 Å². The number of ether oxygens (including phenoxy) is 2. The van der Waals surface area contributed by atoms with Gasteiger partial charge in [0.15, 0.2) is 12.6 Å². The third-order valence-electron chi connectivity index (χ3n) is 2.58. The smallest absolute Gasteiger partial charge is 0.348 e. The first-order chi connectivity index (χ1) is 8.59. The van der Waals surface area contributed by atoms with E-state index in [1.807, 2.05) is 0 Å². The molecule has 1 aliphatic carbocycles. The summed E-state index contributed by atoms with van der Waals surface area (Å²) in [5.41, 5.74) is 0.944. The van der Waals surface area contributed by atoms with Crippen molar-refractivity contribution in [2.45, 2.75) is 25.9 Å². The molecule has 1 heterocycles. The molecule has 0 saturated heterocycles. The Hall–Kier alpha value is -1.34. The molecule has 2 rings (SSSR count). The van der Waals surface area contributed by atoms with E-state index in [1.165, 1.54) is 16.7 Å². The first-order valence-electron chi connectivity index (χ1n) is 5.30. The Bertz CT molecular complexity index is 470. The van der Waals surface area contributed by atoms with E-state index in [4.69, 9.17) is 0 Å². The predicted molar refractivity (Wildman–Crippen MR) is 59.0 cm³/mol. The van der Waals surface area contributed by atoms with Gasteiger partial charge >= 0.3 is 12.6 Å². The highest BCUT2D eigenvalue weighted by molar-refractivity contribution is 7.12. The van der Waals surface area contributed by atoms with Crippen molar-refractivity contribution in [2.75, 3.05) is 6.79 Å². The van der Waals surface area contributed by atoms with Gasteiger partial charge in [0.1, 0.15) is 0 Å². The number of fused-ring (bicyclic) bond motifs is 1. The lowest BCUT2D eigenvalue weighted by atomic mass is 9.95. The average molecular weight is 276 g/mol. The molecule has 1 aliphatic rings. The monoisotopic (exact) mass is 276 g/mol. The molecule has 0 aliphatic heterocycles. The molecule has 0 saturated carbocycles. The van der Waals surface area contributed by atoms with Gasteiger partial charge in [-0.2, -0.15) is 8.78 Å². The molecule has 0 unspecified atom stereocenters. The van der Waals surface area contributed by atoms with Crippen molar-refractivity contribution in [1.82, 2.24) is 0 Å². The van der Waals surface area contributed by atoms with Crippen molar-refractivity contribution < 1.29 is 27.8 Å². The zero-order chi connectivity index (χ0) is 13.1. The molecular weight excluding hydrogens is 266 g/mol. The van der Waals surface area contributed by atoms with Gasteiger partial charge in [-0.15, -0.1) is 11.3 Å². The SMILES string of the molecule is O=C(OCOC(F)F)c1csc2c1CCCC2=O. The van der Waals surface area contributed by atoms with E-state index in [1.54, 1.807) is 0 Å². The number of halogens is 2. The van der Waals surface area contributed by atoms with E-state index in [9.17, 15) is 18.4 Å². The minimum absolute atomic E-state index is 0.0177. The molecule has 0 atom stereocenters. The number of hydrogen-bond donors (Lipinski definition) is 0. The topological polar surface area (TPSA) is 52.6 Å². The standard InChI is InChI=1S/C11H10F2O4S/c12-11(13)17-5-16-10(15)7-4-18-9-6(7)2-1-3-8(9)14/h4,11H,1-3,5H2. The zero-order valence-corrected chi connectivity index (χ0v) is 10.1. The second kappa shape index (κ2) is 5.53. The van der Waals surface area contributed by atoms with Crippen LogP contribution < -0.4 is 0 Å². The third-order valence-corrected chi connectivity index (χ3v) is 3.64. The molecule has 0 radical (unpaired) electrons. The van der Waals surface area contributed by atoms with Gasteiger partial charge in [-0.3, -0.25) is 9.53 Å². The van der Waals surface area contributed by atoms with Crippen LogP contribution in [0.5, 0.6) is 0 Å². The van der Waals surface area contributed by atoms with Crippen molar-refractivity contribution >= 4 is 23.1 Å². The summed E-state index contributed by atoms with van der Waals surface area (Å²) in [5, 5.41) is 1.53. The highest BCUT2D eigenvalue weighted by atomic mass is 32.1. The van der Waals surface area contributed by atoms with E-state index >= 15 is 0 Å². The van der Waals surface area contributed by atoms with Crippen LogP contribution in [0.15, 0.2) is 5.38 Å². The summed E-state index contributed by atoms with van der Waals surface area (Å²) in [7, 11) is 0. The highest BCUT2D eigenvalue weighted by Crippen LogP contribution is 2.30. The van der Waals surface area contributed by atoms with E-state index < -0.39 is 19.4 Å². The fraction of sp³-hybridized carbons (Fsp3) is 0.455. The number of hydrogen-bond acceptors (Lipinski definition) is 5. The number of Topliss-reactive ketones (excluding diaryl/α,β-unsaturated/α-hetero) is 1. The Morgan fingerprint density at radius 2 is 2.22 bits per heavy atom. The number of rotatable bonds is 4. The van der Waals surface area contributed by atoms with Gasteiger partial charge in [-0.25, -0.2) is 4.79 Å². The number of alkyl halides is 2. The Morgan fingerprint density at radius 3 is 2.94 bits per heavy atom. The van der Waals surface area contributed by atoms with Gasteiger partial charge in [0, 0.05) is 11.8 Å². The molecule has 0 fully saturated rings. The lowest BCUT2D eigenvalue weighted by Crippen LogP contribution is -2.14. The molecule has 98 valence electrons. The van der Waals surface area contributed by atoms with Gasteiger partial charge in [-0.1, -0.05) is 0 Å². The van der Waals surface area contributed by atoms with Crippen LogP contribution >= 0.6 is 11.3 Å². The molecule has 1 aromatic rings. The molecule has 18 heavy (non-hydrogen) atoms. The molecule has 0 spiro atoms. The van der Waals surface area contributed by atoms with E-state index in [0.29, 0.717) is 29.7 Å². The van der Waals surface area contributed by atoms with Crippen LogP contribution in [0, 0.1) is 0 Å². The van der Waals surface area contributed by atoms with Crippen LogP contribution in [-0.2, 0) is 15.9 Å². The number of esters is 1. The molecule has 0 aromatic carbocycles. The summed E-state index contributed by atoms with van der Waals surface area (Å²) in [4.78, 5) is 23.7. The minimum atomic E-state index is -2.98. The van der Waals surface area contributed by atoms with Gasteiger partial charge in [0.05, 0.1) is 10.4 Å². The average Bonchev–Trinajstić information content (AvgIpc) is 2.73. The first kappa shape index (κ1) is 13.1. The maximum atomic E-state index is 11.7. The van der Waals surface area contributed by atoms with Crippen molar-refractivity contribution in [3.63, 3.8) is 0 Å². The summed E-state index contributed by atoms with van der Waals surface area (Å²) >= 11 is 1.19. The third kappa shape index (κ3) is 2.73. The summed E-state index contributed by atoms with van der Waals surface area (Å²) in [6.07, 6.45) is 1.80. The predicted octanol–water partition coefficient (Wildman–Crippen LogP) is 2.62. The van der Waals surface area contributed by atoms with Crippen LogP contribution in [0.25, 0.3) is 0 Å². The van der Waals surface area contributed by atoms with Crippen LogP contribution in [0.2, 0.25) is 0 Å². The Morgan fingerprint density at radius 1 is 1.44 bits per heavy atom. The molecule has 0 N–H and O–H groups in total. The maximum absolute atomic E-state index is 11.7. The molecule has 0 amide bonds. The highest BCUT2D eigenvalue weighted by Gasteiger charge is 2.25. The second-order valence-electron chi connectivity index (χ2n) is 3.71. The summed E-state index contributed by atoms with van der Waals surface area (Å²) < 4.78 is 31.8. The van der Waals surface area contributed by atoms with E-state index in [2.05, 4.69) is 9.47 Å². The molecule has 1 aromatic heterocycles. The minimum Gasteiger partial charge on any atom is -0.435 e. The Kier molecular flexibility index (Phi) is 4.03. The Balaban J connectivity index is 2.05. The summed E-state index contributed by atoms with van der Waals surface area (Å²) in [6, 6.07) is 0. The van der Waals surface area contributed by atoms with Crippen LogP contribution in [-0.4, -0.2) is 25.2 Å². The van der Waals surface area contributed by atoms with Crippen LogP contribution in [0.1, 0.15) is 38.4 Å². The van der Waals surface area contributed by atoms with Crippen molar-refractivity contribution in [3.05, 3.63) is 21.4 Å². The largest absolute Gasteiger partial charge is 0.435 e. The number of carbonyl (C=O) groups excluding carboxylic acids is 2. The van der Waals surface area contributed by atoms with E-state index in [0.717, 1.165) is 0 Å². The lowest BCUT2D eigenvalue weighted by molar-refractivity contribution is -0.175. The fourth-order valence-corrected chi connectivity index (χ4v) is 2.85. The quantitative estimate of drug-likeness (QED) is 0.626. The van der Waals surface area contributed by atoms with Crippen molar-refractivity contribution in [3.8, 4) is 0 Å². The summed E-state index contributed by atoms with van der Waals surface area (Å²) in [6.45, 7) is -3.77. The number of carbonyl (C=O) groups is 2. The van der Waals surface area contributed by atoms with Crippen LogP contribution in [0.3, 0.4) is 0 Å². The summed E-state index contributed by atoms with van der Waals surface area (Å²) in [5.74, 6) is -0.716. The molecular formula is C11H10F2O4S. The van der Waals surface area contributed by atoms with Gasteiger partial charge in [0.25, 0.3) is 0 Å². The van der Waals surface area contributed by atoms with Gasteiger partial charge in [-0.05, 0) is 18.4 Å². The Labute approximate surface area is 106 Å². The normalized spacial score (nSPS) is 14.7. The first-order valence-corrected chi connectivity index (χ1v) is 6.18. The van der Waals surface area contributed by atoms with Gasteiger partial charge in [0.2, 0.25) is 0 Å². The molecule has 4 nitrogen and oxygen atoms in total. The fourth-order valence-electron chi connectivity index (χ4n) is 1.79. The molecule has 7 heteroatoms. The lowest BCUT2D eigenvalue weighted by Gasteiger charge is -2.11. The van der Waals surface area contributed by atoms with Crippen LogP contribution in [0.4, 0.5) is 8.78 Å². The zero-order valence-electron chi connectivity index (χ0n) is 9.28.